The lowest BCUT2D eigenvalue weighted by atomic mass is 10.1. The molecule has 104 valence electrons. The predicted molar refractivity (Wildman–Crippen MR) is 79.8 cm³/mol. The van der Waals surface area contributed by atoms with Crippen LogP contribution >= 0.6 is 0 Å². The summed E-state index contributed by atoms with van der Waals surface area (Å²) in [6.07, 6.45) is 0. The van der Waals surface area contributed by atoms with Crippen LogP contribution in [0.2, 0.25) is 0 Å². The number of nitrogens with zero attached hydrogens (tertiary/aromatic N) is 1. The number of ether oxygens (including phenoxy) is 1. The first-order chi connectivity index (χ1) is 9.65. The van der Waals surface area contributed by atoms with Crippen molar-refractivity contribution < 1.29 is 9.53 Å². The van der Waals surface area contributed by atoms with E-state index in [1.165, 1.54) is 4.90 Å². The maximum Gasteiger partial charge on any atom is 0.248 e. The molecule has 0 aliphatic carbocycles. The Labute approximate surface area is 118 Å². The lowest BCUT2D eigenvalue weighted by Gasteiger charge is -2.23. The third-order valence-corrected chi connectivity index (χ3v) is 3.20. The van der Waals surface area contributed by atoms with Gasteiger partial charge in [-0.3, -0.25) is 4.79 Å². The van der Waals surface area contributed by atoms with Gasteiger partial charge in [-0.2, -0.15) is 0 Å². The van der Waals surface area contributed by atoms with Gasteiger partial charge in [0.2, 0.25) is 5.91 Å². The number of rotatable bonds is 4. The number of hydrogen-bond donors (Lipinski definition) is 1. The van der Waals surface area contributed by atoms with Crippen molar-refractivity contribution in [3.63, 3.8) is 0 Å². The monoisotopic (exact) mass is 270 g/mol. The fourth-order valence-electron chi connectivity index (χ4n) is 2.04. The van der Waals surface area contributed by atoms with Crippen LogP contribution in [-0.2, 0) is 4.79 Å². The van der Waals surface area contributed by atoms with E-state index in [1.54, 1.807) is 14.2 Å². The van der Waals surface area contributed by atoms with Crippen LogP contribution in [0.25, 0.3) is 0 Å². The summed E-state index contributed by atoms with van der Waals surface area (Å²) in [4.78, 5) is 14.0. The minimum absolute atomic E-state index is 0.180. The molecule has 2 aromatic rings. The molecule has 2 aromatic carbocycles. The molecule has 1 amide bonds. The number of benzene rings is 2. The second-order valence-electron chi connectivity index (χ2n) is 4.46. The Morgan fingerprint density at radius 1 is 1.10 bits per heavy atom. The molecule has 1 atom stereocenters. The SMILES string of the molecule is COc1ccccc1N(C)C(=O)[C@@H](N)c1ccccc1. The van der Waals surface area contributed by atoms with Gasteiger partial charge < -0.3 is 15.4 Å². The second-order valence-corrected chi connectivity index (χ2v) is 4.46. The third-order valence-electron chi connectivity index (χ3n) is 3.20. The summed E-state index contributed by atoms with van der Waals surface area (Å²) >= 11 is 0. The Morgan fingerprint density at radius 2 is 1.70 bits per heavy atom. The Hall–Kier alpha value is -2.33. The van der Waals surface area contributed by atoms with Crippen molar-refractivity contribution in [2.45, 2.75) is 6.04 Å². The van der Waals surface area contributed by atoms with Crippen molar-refractivity contribution >= 4 is 11.6 Å². The van der Waals surface area contributed by atoms with E-state index in [2.05, 4.69) is 0 Å². The van der Waals surface area contributed by atoms with Gasteiger partial charge in [0.05, 0.1) is 12.8 Å². The Balaban J connectivity index is 2.24. The van der Waals surface area contributed by atoms with Crippen LogP contribution in [0.3, 0.4) is 0 Å². The fourth-order valence-corrected chi connectivity index (χ4v) is 2.04. The molecule has 0 radical (unpaired) electrons. The first-order valence-corrected chi connectivity index (χ1v) is 6.36. The number of para-hydroxylation sites is 2. The summed E-state index contributed by atoms with van der Waals surface area (Å²) in [7, 11) is 3.28. The Kier molecular flexibility index (Phi) is 4.38. The van der Waals surface area contributed by atoms with Crippen LogP contribution in [0.1, 0.15) is 11.6 Å². The number of carbonyl (C=O) groups excluding carboxylic acids is 1. The maximum absolute atomic E-state index is 12.5. The topological polar surface area (TPSA) is 55.6 Å². The molecule has 0 heterocycles. The van der Waals surface area contributed by atoms with Crippen LogP contribution in [0.15, 0.2) is 54.6 Å². The smallest absolute Gasteiger partial charge is 0.248 e. The number of anilines is 1. The first kappa shape index (κ1) is 14.1. The van der Waals surface area contributed by atoms with Crippen LogP contribution in [0.5, 0.6) is 5.75 Å². The van der Waals surface area contributed by atoms with Gasteiger partial charge in [0.25, 0.3) is 0 Å². The molecule has 0 aromatic heterocycles. The average Bonchev–Trinajstić information content (AvgIpc) is 2.53. The van der Waals surface area contributed by atoms with Gasteiger partial charge in [0.15, 0.2) is 0 Å². The predicted octanol–water partition coefficient (Wildman–Crippen LogP) is 2.36. The van der Waals surface area contributed by atoms with Crippen molar-refractivity contribution in [3.05, 3.63) is 60.2 Å². The largest absolute Gasteiger partial charge is 0.495 e. The molecule has 0 saturated heterocycles. The van der Waals surface area contributed by atoms with Crippen molar-refractivity contribution in [1.82, 2.24) is 0 Å². The van der Waals surface area contributed by atoms with Crippen molar-refractivity contribution in [2.24, 2.45) is 5.73 Å². The van der Waals surface area contributed by atoms with Crippen LogP contribution < -0.4 is 15.4 Å². The zero-order valence-corrected chi connectivity index (χ0v) is 11.6. The number of likely N-dealkylation sites (N-methyl/N-ethyl adjacent to an activating group) is 1. The lowest BCUT2D eigenvalue weighted by molar-refractivity contribution is -0.119. The van der Waals surface area contributed by atoms with Gasteiger partial charge in [-0.1, -0.05) is 42.5 Å². The molecule has 0 bridgehead atoms. The third kappa shape index (κ3) is 2.81. The summed E-state index contributed by atoms with van der Waals surface area (Å²) in [5, 5.41) is 0. The molecular formula is C16H18N2O2. The zero-order chi connectivity index (χ0) is 14.5. The standard InChI is InChI=1S/C16H18N2O2/c1-18(13-10-6-7-11-14(13)20-2)16(19)15(17)12-8-4-3-5-9-12/h3-11,15H,17H2,1-2H3/t15-/m0/s1. The molecule has 0 aliphatic heterocycles. The van der Waals surface area contributed by atoms with E-state index >= 15 is 0 Å². The molecule has 0 fully saturated rings. The highest BCUT2D eigenvalue weighted by molar-refractivity contribution is 5.98. The molecule has 0 aliphatic rings. The number of amides is 1. The molecule has 4 nitrogen and oxygen atoms in total. The van der Waals surface area contributed by atoms with E-state index in [4.69, 9.17) is 10.5 Å². The van der Waals surface area contributed by atoms with Gasteiger partial charge in [-0.15, -0.1) is 0 Å². The number of carbonyl (C=O) groups is 1. The van der Waals surface area contributed by atoms with Gasteiger partial charge in [0, 0.05) is 7.05 Å². The maximum atomic E-state index is 12.5. The van der Waals surface area contributed by atoms with Gasteiger partial charge in [-0.25, -0.2) is 0 Å². The summed E-state index contributed by atoms with van der Waals surface area (Å²) < 4.78 is 5.27. The zero-order valence-electron chi connectivity index (χ0n) is 11.6. The Morgan fingerprint density at radius 3 is 2.35 bits per heavy atom. The molecule has 4 heteroatoms. The van der Waals surface area contributed by atoms with E-state index < -0.39 is 6.04 Å². The number of methoxy groups -OCH3 is 1. The second kappa shape index (κ2) is 6.21. The van der Waals surface area contributed by atoms with E-state index in [9.17, 15) is 4.79 Å². The first-order valence-electron chi connectivity index (χ1n) is 6.36. The van der Waals surface area contributed by atoms with E-state index in [1.807, 2.05) is 54.6 Å². The molecule has 0 saturated carbocycles. The Bertz CT molecular complexity index is 584. The van der Waals surface area contributed by atoms with Crippen molar-refractivity contribution in [3.8, 4) is 5.75 Å². The highest BCUT2D eigenvalue weighted by atomic mass is 16.5. The quantitative estimate of drug-likeness (QED) is 0.928. The van der Waals surface area contributed by atoms with E-state index in [0.717, 1.165) is 5.56 Å². The van der Waals surface area contributed by atoms with Gasteiger partial charge >= 0.3 is 0 Å². The van der Waals surface area contributed by atoms with Crippen molar-refractivity contribution in [1.29, 1.82) is 0 Å². The molecule has 2 N–H and O–H groups in total. The summed E-state index contributed by atoms with van der Waals surface area (Å²) in [6.45, 7) is 0. The lowest BCUT2D eigenvalue weighted by Crippen LogP contribution is -2.36. The average molecular weight is 270 g/mol. The minimum atomic E-state index is -0.689. The highest BCUT2D eigenvalue weighted by Gasteiger charge is 2.22. The highest BCUT2D eigenvalue weighted by Crippen LogP contribution is 2.28. The molecular weight excluding hydrogens is 252 g/mol. The van der Waals surface area contributed by atoms with Gasteiger partial charge in [-0.05, 0) is 17.7 Å². The summed E-state index contributed by atoms with van der Waals surface area (Å²) in [6, 6.07) is 16.0. The van der Waals surface area contributed by atoms with Crippen LogP contribution in [-0.4, -0.2) is 20.1 Å². The van der Waals surface area contributed by atoms with Gasteiger partial charge in [0.1, 0.15) is 11.8 Å². The van der Waals surface area contributed by atoms with Crippen LogP contribution in [0.4, 0.5) is 5.69 Å². The van der Waals surface area contributed by atoms with E-state index in [-0.39, 0.29) is 5.91 Å². The van der Waals surface area contributed by atoms with E-state index in [0.29, 0.717) is 11.4 Å². The summed E-state index contributed by atoms with van der Waals surface area (Å²) in [5.41, 5.74) is 7.53. The minimum Gasteiger partial charge on any atom is -0.495 e. The molecule has 20 heavy (non-hydrogen) atoms. The van der Waals surface area contributed by atoms with Crippen molar-refractivity contribution in [2.75, 3.05) is 19.1 Å². The summed E-state index contributed by atoms with van der Waals surface area (Å²) in [5.74, 6) is 0.462. The molecule has 2 rings (SSSR count). The normalized spacial score (nSPS) is 11.8. The molecule has 0 unspecified atom stereocenters. The molecule has 0 spiro atoms. The number of hydrogen-bond acceptors (Lipinski definition) is 3. The van der Waals surface area contributed by atoms with Crippen LogP contribution in [0, 0.1) is 0 Å². The number of nitrogens with two attached hydrogens (primary N) is 1. The fraction of sp³-hybridized carbons (Fsp3) is 0.188.